The molecule has 2 heterocycles. The number of halogens is 1. The number of rotatable bonds is 4. The minimum atomic E-state index is 0.688. The summed E-state index contributed by atoms with van der Waals surface area (Å²) in [4.78, 5) is 9.37. The molecule has 0 aliphatic rings. The van der Waals surface area contributed by atoms with Crippen LogP contribution >= 0.6 is 22.9 Å². The molecule has 0 radical (unpaired) electrons. The number of hydrogen-bond acceptors (Lipinski definition) is 5. The van der Waals surface area contributed by atoms with E-state index in [2.05, 4.69) is 9.98 Å². The van der Waals surface area contributed by atoms with Gasteiger partial charge in [-0.15, -0.1) is 11.3 Å². The summed E-state index contributed by atoms with van der Waals surface area (Å²) in [5, 5.41) is 2.58. The lowest BCUT2D eigenvalue weighted by molar-refractivity contribution is 0.416. The minimum Gasteiger partial charge on any atom is -0.494 e. The average molecular weight is 319 g/mol. The number of aromatic nitrogens is 1. The standard InChI is InChI=1S/C15H11ClN2O2S/c1-19-14-3-2-10(15-7-17-9-20-15)4-13(14)18-6-12-5-11(16)8-21-12/h2-9H,1H3/b18-6+. The average Bonchev–Trinajstić information content (AvgIpc) is 3.16. The highest BCUT2D eigenvalue weighted by Gasteiger charge is 2.07. The molecule has 0 bridgehead atoms. The summed E-state index contributed by atoms with van der Waals surface area (Å²) in [5.74, 6) is 1.38. The van der Waals surface area contributed by atoms with Crippen LogP contribution in [0.4, 0.5) is 5.69 Å². The van der Waals surface area contributed by atoms with Crippen molar-refractivity contribution in [2.24, 2.45) is 4.99 Å². The Hall–Kier alpha value is -2.11. The Morgan fingerprint density at radius 1 is 1.38 bits per heavy atom. The Labute approximate surface area is 130 Å². The van der Waals surface area contributed by atoms with Crippen molar-refractivity contribution in [3.8, 4) is 17.1 Å². The van der Waals surface area contributed by atoms with Crippen LogP contribution in [0.1, 0.15) is 4.88 Å². The molecule has 0 amide bonds. The van der Waals surface area contributed by atoms with E-state index in [1.807, 2.05) is 29.6 Å². The smallest absolute Gasteiger partial charge is 0.181 e. The molecule has 0 saturated carbocycles. The van der Waals surface area contributed by atoms with Crippen LogP contribution < -0.4 is 4.74 Å². The third kappa shape index (κ3) is 3.15. The largest absolute Gasteiger partial charge is 0.494 e. The quantitative estimate of drug-likeness (QED) is 0.648. The van der Waals surface area contributed by atoms with E-state index in [-0.39, 0.29) is 0 Å². The third-order valence-corrected chi connectivity index (χ3v) is 4.03. The van der Waals surface area contributed by atoms with E-state index in [4.69, 9.17) is 20.8 Å². The van der Waals surface area contributed by atoms with Crippen molar-refractivity contribution in [1.29, 1.82) is 0 Å². The number of oxazole rings is 1. The van der Waals surface area contributed by atoms with Gasteiger partial charge < -0.3 is 9.15 Å². The van der Waals surface area contributed by atoms with Gasteiger partial charge in [-0.3, -0.25) is 4.99 Å². The molecule has 0 fully saturated rings. The molecule has 3 rings (SSSR count). The van der Waals surface area contributed by atoms with Crippen LogP contribution in [0.5, 0.6) is 5.75 Å². The molecule has 3 aromatic rings. The second-order valence-corrected chi connectivity index (χ2v) is 5.56. The maximum absolute atomic E-state index is 5.90. The Morgan fingerprint density at radius 2 is 2.29 bits per heavy atom. The highest BCUT2D eigenvalue weighted by Crippen LogP contribution is 2.32. The molecule has 0 aliphatic carbocycles. The zero-order valence-corrected chi connectivity index (χ0v) is 12.7. The second kappa shape index (κ2) is 6.11. The number of ether oxygens (including phenoxy) is 1. The second-order valence-electron chi connectivity index (χ2n) is 4.18. The van der Waals surface area contributed by atoms with Crippen molar-refractivity contribution >= 4 is 34.8 Å². The molecule has 6 heteroatoms. The van der Waals surface area contributed by atoms with Crippen LogP contribution in [-0.2, 0) is 0 Å². The topological polar surface area (TPSA) is 47.6 Å². The molecule has 0 spiro atoms. The van der Waals surface area contributed by atoms with Crippen molar-refractivity contribution < 1.29 is 9.15 Å². The maximum atomic E-state index is 5.90. The fraction of sp³-hybridized carbons (Fsp3) is 0.0667. The summed E-state index contributed by atoms with van der Waals surface area (Å²) in [6, 6.07) is 7.51. The summed E-state index contributed by atoms with van der Waals surface area (Å²) >= 11 is 7.43. The van der Waals surface area contributed by atoms with Gasteiger partial charge in [-0.05, 0) is 24.3 Å². The van der Waals surface area contributed by atoms with Gasteiger partial charge in [-0.2, -0.15) is 0 Å². The first kappa shape index (κ1) is 13.9. The van der Waals surface area contributed by atoms with E-state index in [1.165, 1.54) is 17.7 Å². The monoisotopic (exact) mass is 318 g/mol. The van der Waals surface area contributed by atoms with Crippen molar-refractivity contribution in [3.05, 3.63) is 52.1 Å². The molecule has 21 heavy (non-hydrogen) atoms. The molecule has 0 saturated heterocycles. The van der Waals surface area contributed by atoms with Gasteiger partial charge in [0.2, 0.25) is 0 Å². The van der Waals surface area contributed by atoms with Gasteiger partial charge in [-0.1, -0.05) is 11.6 Å². The van der Waals surface area contributed by atoms with Crippen molar-refractivity contribution in [2.45, 2.75) is 0 Å². The first-order chi connectivity index (χ1) is 10.3. The molecular weight excluding hydrogens is 308 g/mol. The first-order valence-electron chi connectivity index (χ1n) is 6.11. The maximum Gasteiger partial charge on any atom is 0.181 e. The van der Waals surface area contributed by atoms with Crippen LogP contribution in [0.25, 0.3) is 11.3 Å². The lowest BCUT2D eigenvalue weighted by atomic mass is 10.1. The zero-order chi connectivity index (χ0) is 14.7. The molecule has 2 aromatic heterocycles. The van der Waals surface area contributed by atoms with E-state index < -0.39 is 0 Å². The van der Waals surface area contributed by atoms with Gasteiger partial charge in [0, 0.05) is 22.0 Å². The summed E-state index contributed by atoms with van der Waals surface area (Å²) in [5.41, 5.74) is 1.61. The molecule has 0 aliphatic heterocycles. The third-order valence-electron chi connectivity index (χ3n) is 2.81. The number of aliphatic imine (C=N–C) groups is 1. The number of benzene rings is 1. The van der Waals surface area contributed by atoms with E-state index in [9.17, 15) is 0 Å². The van der Waals surface area contributed by atoms with Crippen LogP contribution in [0.3, 0.4) is 0 Å². The Bertz CT molecular complexity index is 766. The summed E-state index contributed by atoms with van der Waals surface area (Å²) in [7, 11) is 1.62. The summed E-state index contributed by atoms with van der Waals surface area (Å²) in [6.07, 6.45) is 4.82. The zero-order valence-electron chi connectivity index (χ0n) is 11.1. The predicted octanol–water partition coefficient (Wildman–Crippen LogP) is 4.82. The summed E-state index contributed by atoms with van der Waals surface area (Å²) in [6.45, 7) is 0. The van der Waals surface area contributed by atoms with Gasteiger partial charge in [0.25, 0.3) is 0 Å². The van der Waals surface area contributed by atoms with Crippen LogP contribution in [0, 0.1) is 0 Å². The van der Waals surface area contributed by atoms with E-state index in [0.29, 0.717) is 16.5 Å². The SMILES string of the molecule is COc1ccc(-c2cnco2)cc1/N=C/c1cc(Cl)cs1. The number of nitrogens with zero attached hydrogens (tertiary/aromatic N) is 2. The van der Waals surface area contributed by atoms with Gasteiger partial charge in [0.15, 0.2) is 12.2 Å². The predicted molar refractivity (Wildman–Crippen MR) is 85.1 cm³/mol. The molecule has 0 atom stereocenters. The van der Waals surface area contributed by atoms with Crippen LogP contribution in [0.2, 0.25) is 5.02 Å². The fourth-order valence-electron chi connectivity index (χ4n) is 1.83. The van der Waals surface area contributed by atoms with Gasteiger partial charge >= 0.3 is 0 Å². The Kier molecular flexibility index (Phi) is 4.03. The Balaban J connectivity index is 1.95. The van der Waals surface area contributed by atoms with Crippen LogP contribution in [0.15, 0.2) is 51.6 Å². The number of methoxy groups -OCH3 is 1. The van der Waals surface area contributed by atoms with Crippen LogP contribution in [-0.4, -0.2) is 18.3 Å². The summed E-state index contributed by atoms with van der Waals surface area (Å²) < 4.78 is 10.6. The molecule has 0 unspecified atom stereocenters. The van der Waals surface area contributed by atoms with Crippen molar-refractivity contribution in [1.82, 2.24) is 4.98 Å². The van der Waals surface area contributed by atoms with E-state index >= 15 is 0 Å². The first-order valence-corrected chi connectivity index (χ1v) is 7.37. The van der Waals surface area contributed by atoms with Gasteiger partial charge in [0.05, 0.1) is 18.3 Å². The molecule has 1 aromatic carbocycles. The van der Waals surface area contributed by atoms with E-state index in [0.717, 1.165) is 16.1 Å². The van der Waals surface area contributed by atoms with Crippen molar-refractivity contribution in [3.63, 3.8) is 0 Å². The highest BCUT2D eigenvalue weighted by atomic mass is 35.5. The van der Waals surface area contributed by atoms with E-state index in [1.54, 1.807) is 19.5 Å². The van der Waals surface area contributed by atoms with Crippen molar-refractivity contribution in [2.75, 3.05) is 7.11 Å². The fourth-order valence-corrected chi connectivity index (χ4v) is 2.77. The Morgan fingerprint density at radius 3 is 2.95 bits per heavy atom. The molecule has 4 nitrogen and oxygen atoms in total. The lowest BCUT2D eigenvalue weighted by Gasteiger charge is -2.05. The lowest BCUT2D eigenvalue weighted by Crippen LogP contribution is -1.85. The van der Waals surface area contributed by atoms with Gasteiger partial charge in [-0.25, -0.2) is 4.98 Å². The highest BCUT2D eigenvalue weighted by molar-refractivity contribution is 7.12. The number of thiophene rings is 1. The van der Waals surface area contributed by atoms with Gasteiger partial charge in [0.1, 0.15) is 11.4 Å². The molecule has 0 N–H and O–H groups in total. The minimum absolute atomic E-state index is 0.688. The normalized spacial score (nSPS) is 11.1. The molecular formula is C15H11ClN2O2S. The molecule has 106 valence electrons. The number of hydrogen-bond donors (Lipinski definition) is 0.